The molecule has 1 saturated carbocycles. The van der Waals surface area contributed by atoms with Crippen molar-refractivity contribution in [2.45, 2.75) is 51.0 Å². The zero-order valence-electron chi connectivity index (χ0n) is 15.9. The molecule has 2 aliphatic rings. The molecule has 7 nitrogen and oxygen atoms in total. The number of guanidine groups is 1. The van der Waals surface area contributed by atoms with Gasteiger partial charge in [0.1, 0.15) is 0 Å². The summed E-state index contributed by atoms with van der Waals surface area (Å²) in [4.78, 5) is 15.8. The van der Waals surface area contributed by atoms with E-state index in [-0.39, 0.29) is 29.9 Å². The molecule has 0 spiro atoms. The van der Waals surface area contributed by atoms with E-state index in [1.807, 2.05) is 0 Å². The molecule has 0 aromatic heterocycles. The van der Waals surface area contributed by atoms with Crippen LogP contribution in [0, 0.1) is 5.92 Å². The highest BCUT2D eigenvalue weighted by Crippen LogP contribution is 2.18. The minimum atomic E-state index is 0. The summed E-state index contributed by atoms with van der Waals surface area (Å²) >= 11 is 0. The molecule has 0 radical (unpaired) electrons. The topological polar surface area (TPSA) is 84.0 Å². The first-order valence-corrected chi connectivity index (χ1v) is 9.67. The standard InChI is InChI=1S/C18H34N4O3.HI/c1-19-18(20-9-2-4-17(23)22-16-5-6-16)21-10-3-11-25-14-15-7-12-24-13-8-15;/h15-16H,2-14H2,1H3,(H,22,23)(H2,19,20,21);1H. The second-order valence-corrected chi connectivity index (χ2v) is 6.86. The number of hydrogen-bond acceptors (Lipinski definition) is 4. The molecule has 2 rings (SSSR count). The Kier molecular flexibility index (Phi) is 13.0. The van der Waals surface area contributed by atoms with Crippen molar-refractivity contribution in [2.75, 3.05) is 46.6 Å². The summed E-state index contributed by atoms with van der Waals surface area (Å²) in [5.41, 5.74) is 0. The van der Waals surface area contributed by atoms with Crippen molar-refractivity contribution in [1.82, 2.24) is 16.0 Å². The Balaban J connectivity index is 0.00000338. The van der Waals surface area contributed by atoms with Crippen molar-refractivity contribution < 1.29 is 14.3 Å². The van der Waals surface area contributed by atoms with Gasteiger partial charge in [-0.25, -0.2) is 0 Å². The van der Waals surface area contributed by atoms with Gasteiger partial charge in [0.25, 0.3) is 0 Å². The van der Waals surface area contributed by atoms with E-state index in [1.54, 1.807) is 7.05 Å². The Morgan fingerprint density at radius 2 is 1.81 bits per heavy atom. The minimum absolute atomic E-state index is 0. The van der Waals surface area contributed by atoms with E-state index in [1.165, 1.54) is 0 Å². The molecule has 152 valence electrons. The lowest BCUT2D eigenvalue weighted by atomic mass is 10.0. The van der Waals surface area contributed by atoms with Crippen molar-refractivity contribution in [3.05, 3.63) is 0 Å². The van der Waals surface area contributed by atoms with E-state index in [2.05, 4.69) is 20.9 Å². The van der Waals surface area contributed by atoms with Gasteiger partial charge in [-0.15, -0.1) is 24.0 Å². The van der Waals surface area contributed by atoms with Crippen LogP contribution in [0.25, 0.3) is 0 Å². The summed E-state index contributed by atoms with van der Waals surface area (Å²) in [5, 5.41) is 9.52. The van der Waals surface area contributed by atoms with Gasteiger partial charge in [-0.2, -0.15) is 0 Å². The van der Waals surface area contributed by atoms with Crippen LogP contribution in [0.2, 0.25) is 0 Å². The van der Waals surface area contributed by atoms with Crippen LogP contribution < -0.4 is 16.0 Å². The van der Waals surface area contributed by atoms with Crippen LogP contribution in [0.5, 0.6) is 0 Å². The van der Waals surface area contributed by atoms with Gasteiger partial charge >= 0.3 is 0 Å². The zero-order valence-corrected chi connectivity index (χ0v) is 18.3. The number of amides is 1. The van der Waals surface area contributed by atoms with Crippen LogP contribution in [0.4, 0.5) is 0 Å². The average molecular weight is 482 g/mol. The van der Waals surface area contributed by atoms with E-state index in [0.717, 1.165) is 84.0 Å². The molecule has 2 fully saturated rings. The summed E-state index contributed by atoms with van der Waals surface area (Å²) in [6.45, 7) is 4.94. The van der Waals surface area contributed by atoms with Gasteiger partial charge < -0.3 is 25.4 Å². The van der Waals surface area contributed by atoms with Crippen LogP contribution in [0.1, 0.15) is 44.9 Å². The molecule has 3 N–H and O–H groups in total. The Morgan fingerprint density at radius 1 is 1.12 bits per heavy atom. The summed E-state index contributed by atoms with van der Waals surface area (Å²) in [7, 11) is 1.76. The SMILES string of the molecule is CN=C(NCCCOCC1CCOCC1)NCCCC(=O)NC1CC1.I. The lowest BCUT2D eigenvalue weighted by molar-refractivity contribution is -0.121. The molecule has 1 saturated heterocycles. The maximum atomic E-state index is 11.6. The predicted octanol–water partition coefficient (Wildman–Crippen LogP) is 1.66. The molecule has 0 aromatic carbocycles. The molecular formula is C18H35IN4O3. The monoisotopic (exact) mass is 482 g/mol. The highest BCUT2D eigenvalue weighted by Gasteiger charge is 2.22. The van der Waals surface area contributed by atoms with Crippen LogP contribution in [-0.2, 0) is 14.3 Å². The van der Waals surface area contributed by atoms with Crippen LogP contribution in [0.3, 0.4) is 0 Å². The van der Waals surface area contributed by atoms with Crippen molar-refractivity contribution in [1.29, 1.82) is 0 Å². The smallest absolute Gasteiger partial charge is 0.220 e. The summed E-state index contributed by atoms with van der Waals surface area (Å²) < 4.78 is 11.1. The lowest BCUT2D eigenvalue weighted by Crippen LogP contribution is -2.38. The molecule has 26 heavy (non-hydrogen) atoms. The Labute approximate surface area is 174 Å². The highest BCUT2D eigenvalue weighted by molar-refractivity contribution is 14.0. The first-order valence-electron chi connectivity index (χ1n) is 9.67. The van der Waals surface area contributed by atoms with E-state index < -0.39 is 0 Å². The van der Waals surface area contributed by atoms with Gasteiger partial charge in [-0.05, 0) is 44.4 Å². The summed E-state index contributed by atoms with van der Waals surface area (Å²) in [6.07, 6.45) is 6.85. The second-order valence-electron chi connectivity index (χ2n) is 6.86. The number of carbonyl (C=O) groups is 1. The first-order chi connectivity index (χ1) is 12.3. The molecule has 1 heterocycles. The van der Waals surface area contributed by atoms with Gasteiger partial charge in [0, 0.05) is 59.0 Å². The molecule has 0 atom stereocenters. The number of hydrogen-bond donors (Lipinski definition) is 3. The molecular weight excluding hydrogens is 447 g/mol. The third kappa shape index (κ3) is 11.2. The van der Waals surface area contributed by atoms with E-state index in [9.17, 15) is 4.79 Å². The van der Waals surface area contributed by atoms with Gasteiger partial charge in [-0.1, -0.05) is 0 Å². The fourth-order valence-electron chi connectivity index (χ4n) is 2.75. The summed E-state index contributed by atoms with van der Waals surface area (Å²) in [5.74, 6) is 1.61. The molecule has 0 bridgehead atoms. The third-order valence-electron chi connectivity index (χ3n) is 4.49. The third-order valence-corrected chi connectivity index (χ3v) is 4.49. The van der Waals surface area contributed by atoms with Crippen LogP contribution >= 0.6 is 24.0 Å². The van der Waals surface area contributed by atoms with Gasteiger partial charge in [0.05, 0.1) is 0 Å². The zero-order chi connectivity index (χ0) is 17.7. The highest BCUT2D eigenvalue weighted by atomic mass is 127. The molecule has 1 aliphatic carbocycles. The number of nitrogens with one attached hydrogen (secondary N) is 3. The van der Waals surface area contributed by atoms with E-state index in [0.29, 0.717) is 18.4 Å². The number of ether oxygens (including phenoxy) is 2. The number of aliphatic imine (C=N–C) groups is 1. The average Bonchev–Trinajstić information content (AvgIpc) is 3.44. The molecule has 1 amide bonds. The minimum Gasteiger partial charge on any atom is -0.381 e. The van der Waals surface area contributed by atoms with Crippen molar-refractivity contribution in [3.8, 4) is 0 Å². The maximum absolute atomic E-state index is 11.6. The molecule has 8 heteroatoms. The van der Waals surface area contributed by atoms with Crippen molar-refractivity contribution in [2.24, 2.45) is 10.9 Å². The normalized spacial score (nSPS) is 18.1. The molecule has 0 aromatic rings. The van der Waals surface area contributed by atoms with Crippen molar-refractivity contribution in [3.63, 3.8) is 0 Å². The van der Waals surface area contributed by atoms with E-state index >= 15 is 0 Å². The maximum Gasteiger partial charge on any atom is 0.220 e. The lowest BCUT2D eigenvalue weighted by Gasteiger charge is -2.21. The Bertz CT molecular complexity index is 413. The Morgan fingerprint density at radius 3 is 2.46 bits per heavy atom. The van der Waals surface area contributed by atoms with Crippen molar-refractivity contribution >= 4 is 35.8 Å². The Hall–Kier alpha value is -0.610. The molecule has 1 aliphatic heterocycles. The largest absolute Gasteiger partial charge is 0.381 e. The van der Waals surface area contributed by atoms with Gasteiger partial charge in [-0.3, -0.25) is 9.79 Å². The first kappa shape index (κ1) is 23.4. The summed E-state index contributed by atoms with van der Waals surface area (Å²) in [6, 6.07) is 0.448. The van der Waals surface area contributed by atoms with Crippen LogP contribution in [0.15, 0.2) is 4.99 Å². The predicted molar refractivity (Wildman–Crippen MR) is 114 cm³/mol. The number of carbonyl (C=O) groups excluding carboxylic acids is 1. The van der Waals surface area contributed by atoms with E-state index in [4.69, 9.17) is 9.47 Å². The number of rotatable bonds is 11. The fraction of sp³-hybridized carbons (Fsp3) is 0.889. The van der Waals surface area contributed by atoms with Gasteiger partial charge in [0.15, 0.2) is 5.96 Å². The van der Waals surface area contributed by atoms with Crippen LogP contribution in [-0.4, -0.2) is 64.5 Å². The number of nitrogens with zero attached hydrogens (tertiary/aromatic N) is 1. The second kappa shape index (κ2) is 14.4. The number of halogens is 1. The molecule has 0 unspecified atom stereocenters. The quantitative estimate of drug-likeness (QED) is 0.181. The van der Waals surface area contributed by atoms with Gasteiger partial charge in [0.2, 0.25) is 5.91 Å². The fourth-order valence-corrected chi connectivity index (χ4v) is 2.75.